The molecule has 2 aromatic carbocycles. The summed E-state index contributed by atoms with van der Waals surface area (Å²) in [6, 6.07) is 13.2. The van der Waals surface area contributed by atoms with Crippen molar-refractivity contribution in [2.75, 3.05) is 18.5 Å². The van der Waals surface area contributed by atoms with Crippen LogP contribution < -0.4 is 14.8 Å². The summed E-state index contributed by atoms with van der Waals surface area (Å²) in [6.07, 6.45) is 1.95. The Hall–Kier alpha value is -3.35. The number of hydrogen-bond acceptors (Lipinski definition) is 5. The molecule has 138 valence electrons. The Morgan fingerprint density at radius 1 is 1.15 bits per heavy atom. The summed E-state index contributed by atoms with van der Waals surface area (Å²) in [4.78, 5) is 12.5. The fraction of sp³-hybridized carbons (Fsp3) is 0.250. The quantitative estimate of drug-likeness (QED) is 0.753. The summed E-state index contributed by atoms with van der Waals surface area (Å²) in [5.74, 6) is 2.09. The van der Waals surface area contributed by atoms with E-state index in [0.717, 1.165) is 34.9 Å². The molecular formula is C20H20N4O3. The van der Waals surface area contributed by atoms with Gasteiger partial charge in [0.2, 0.25) is 5.91 Å². The van der Waals surface area contributed by atoms with Crippen molar-refractivity contribution in [1.29, 1.82) is 0 Å². The third-order valence-electron chi connectivity index (χ3n) is 4.33. The van der Waals surface area contributed by atoms with Crippen LogP contribution in [0.5, 0.6) is 11.5 Å². The van der Waals surface area contributed by atoms with Gasteiger partial charge in [-0.15, -0.1) is 10.2 Å². The fourth-order valence-electron chi connectivity index (χ4n) is 3.03. The molecule has 0 spiro atoms. The molecule has 0 bridgehead atoms. The standard InChI is InChI=1S/C20H20N4O3/c1-2-24-13-21-23-20(24)15-4-3-5-16(12-15)22-19(25)11-14-6-7-17-18(10-14)27-9-8-26-17/h3-7,10,12-13H,2,8-9,11H2,1H3,(H,22,25). The molecule has 7 heteroatoms. The Morgan fingerprint density at radius 3 is 2.85 bits per heavy atom. The van der Waals surface area contributed by atoms with Crippen molar-refractivity contribution < 1.29 is 14.3 Å². The molecule has 0 atom stereocenters. The first-order valence-electron chi connectivity index (χ1n) is 8.89. The van der Waals surface area contributed by atoms with E-state index in [0.29, 0.717) is 19.0 Å². The van der Waals surface area contributed by atoms with Gasteiger partial charge in [0.05, 0.1) is 6.42 Å². The number of amides is 1. The van der Waals surface area contributed by atoms with E-state index in [2.05, 4.69) is 15.5 Å². The van der Waals surface area contributed by atoms with Gasteiger partial charge >= 0.3 is 0 Å². The maximum absolute atomic E-state index is 12.5. The number of carbonyl (C=O) groups is 1. The Balaban J connectivity index is 1.46. The second-order valence-electron chi connectivity index (χ2n) is 6.22. The third kappa shape index (κ3) is 3.76. The normalized spacial score (nSPS) is 12.6. The van der Waals surface area contributed by atoms with Crippen LogP contribution in [0.2, 0.25) is 0 Å². The number of carbonyl (C=O) groups excluding carboxylic acids is 1. The molecule has 27 heavy (non-hydrogen) atoms. The van der Waals surface area contributed by atoms with Crippen LogP contribution in [-0.4, -0.2) is 33.9 Å². The summed E-state index contributed by atoms with van der Waals surface area (Å²) in [6.45, 7) is 3.89. The number of fused-ring (bicyclic) bond motifs is 1. The molecule has 0 fully saturated rings. The minimum atomic E-state index is -0.0965. The van der Waals surface area contributed by atoms with Crippen molar-refractivity contribution in [3.8, 4) is 22.9 Å². The number of benzene rings is 2. The van der Waals surface area contributed by atoms with Gasteiger partial charge in [-0.25, -0.2) is 0 Å². The van der Waals surface area contributed by atoms with Gasteiger partial charge < -0.3 is 19.4 Å². The molecular weight excluding hydrogens is 344 g/mol. The number of nitrogens with zero attached hydrogens (tertiary/aromatic N) is 3. The zero-order valence-electron chi connectivity index (χ0n) is 15.0. The lowest BCUT2D eigenvalue weighted by molar-refractivity contribution is -0.115. The number of hydrogen-bond donors (Lipinski definition) is 1. The SMILES string of the molecule is CCn1cnnc1-c1cccc(NC(=O)Cc2ccc3c(c2)OCCO3)c1. The average molecular weight is 364 g/mol. The van der Waals surface area contributed by atoms with E-state index < -0.39 is 0 Å². The van der Waals surface area contributed by atoms with Crippen LogP contribution in [0, 0.1) is 0 Å². The maximum Gasteiger partial charge on any atom is 0.228 e. The van der Waals surface area contributed by atoms with E-state index in [4.69, 9.17) is 9.47 Å². The van der Waals surface area contributed by atoms with Crippen LogP contribution >= 0.6 is 0 Å². The number of aryl methyl sites for hydroxylation is 1. The highest BCUT2D eigenvalue weighted by molar-refractivity contribution is 5.92. The monoisotopic (exact) mass is 364 g/mol. The van der Waals surface area contributed by atoms with Gasteiger partial charge in [-0.2, -0.15) is 0 Å². The molecule has 0 saturated carbocycles. The number of anilines is 1. The second-order valence-corrected chi connectivity index (χ2v) is 6.22. The molecule has 3 aromatic rings. The van der Waals surface area contributed by atoms with Crippen LogP contribution in [0.3, 0.4) is 0 Å². The van der Waals surface area contributed by atoms with Gasteiger partial charge in [0.25, 0.3) is 0 Å². The molecule has 0 radical (unpaired) electrons. The molecule has 0 unspecified atom stereocenters. The fourth-order valence-corrected chi connectivity index (χ4v) is 3.03. The van der Waals surface area contributed by atoms with Crippen molar-refractivity contribution in [2.24, 2.45) is 0 Å². The van der Waals surface area contributed by atoms with Crippen LogP contribution in [0.4, 0.5) is 5.69 Å². The maximum atomic E-state index is 12.5. The highest BCUT2D eigenvalue weighted by Gasteiger charge is 2.14. The highest BCUT2D eigenvalue weighted by Crippen LogP contribution is 2.31. The summed E-state index contributed by atoms with van der Waals surface area (Å²) >= 11 is 0. The Labute approximate surface area is 156 Å². The number of rotatable bonds is 5. The van der Waals surface area contributed by atoms with Gasteiger partial charge in [0.1, 0.15) is 19.5 Å². The molecule has 1 aromatic heterocycles. The van der Waals surface area contributed by atoms with Crippen molar-refractivity contribution in [3.63, 3.8) is 0 Å². The van der Waals surface area contributed by atoms with Crippen LogP contribution in [0.25, 0.3) is 11.4 Å². The molecule has 1 amide bonds. The first-order chi connectivity index (χ1) is 13.2. The summed E-state index contributed by atoms with van der Waals surface area (Å²) < 4.78 is 13.0. The van der Waals surface area contributed by atoms with E-state index in [9.17, 15) is 4.79 Å². The molecule has 0 aliphatic carbocycles. The van der Waals surface area contributed by atoms with Crippen molar-refractivity contribution in [1.82, 2.24) is 14.8 Å². The summed E-state index contributed by atoms with van der Waals surface area (Å²) in [5, 5.41) is 11.1. The smallest absolute Gasteiger partial charge is 0.228 e. The van der Waals surface area contributed by atoms with Crippen molar-refractivity contribution in [2.45, 2.75) is 19.9 Å². The predicted molar refractivity (Wildman–Crippen MR) is 101 cm³/mol. The van der Waals surface area contributed by atoms with Gasteiger partial charge in [0, 0.05) is 17.8 Å². The molecule has 7 nitrogen and oxygen atoms in total. The third-order valence-corrected chi connectivity index (χ3v) is 4.33. The van der Waals surface area contributed by atoms with E-state index >= 15 is 0 Å². The number of nitrogens with one attached hydrogen (secondary N) is 1. The topological polar surface area (TPSA) is 78.3 Å². The number of ether oxygens (including phenoxy) is 2. The van der Waals surface area contributed by atoms with E-state index in [1.165, 1.54) is 0 Å². The minimum absolute atomic E-state index is 0.0965. The zero-order chi connectivity index (χ0) is 18.6. The van der Waals surface area contributed by atoms with Gasteiger partial charge in [-0.3, -0.25) is 4.79 Å². The molecule has 1 aliphatic rings. The van der Waals surface area contributed by atoms with Gasteiger partial charge in [0.15, 0.2) is 17.3 Å². The molecule has 1 N–H and O–H groups in total. The molecule has 2 heterocycles. The first kappa shape index (κ1) is 17.1. The van der Waals surface area contributed by atoms with E-state index in [-0.39, 0.29) is 12.3 Å². The van der Waals surface area contributed by atoms with Crippen LogP contribution in [0.1, 0.15) is 12.5 Å². The number of aromatic nitrogens is 3. The van der Waals surface area contributed by atoms with E-state index in [1.807, 2.05) is 54.0 Å². The lowest BCUT2D eigenvalue weighted by atomic mass is 10.1. The first-order valence-corrected chi connectivity index (χ1v) is 8.89. The second kappa shape index (κ2) is 7.49. The van der Waals surface area contributed by atoms with Gasteiger partial charge in [-0.05, 0) is 36.8 Å². The Bertz CT molecular complexity index is 967. The summed E-state index contributed by atoms with van der Waals surface area (Å²) in [7, 11) is 0. The predicted octanol–water partition coefficient (Wildman–Crippen LogP) is 2.92. The lowest BCUT2D eigenvalue weighted by Gasteiger charge is -2.18. The molecule has 1 aliphatic heterocycles. The Morgan fingerprint density at radius 2 is 2.00 bits per heavy atom. The van der Waals surface area contributed by atoms with Crippen molar-refractivity contribution in [3.05, 3.63) is 54.4 Å². The molecule has 4 rings (SSSR count). The minimum Gasteiger partial charge on any atom is -0.486 e. The average Bonchev–Trinajstić information content (AvgIpc) is 3.17. The van der Waals surface area contributed by atoms with E-state index in [1.54, 1.807) is 6.33 Å². The summed E-state index contributed by atoms with van der Waals surface area (Å²) in [5.41, 5.74) is 2.51. The zero-order valence-corrected chi connectivity index (χ0v) is 15.0. The van der Waals surface area contributed by atoms with Crippen LogP contribution in [0.15, 0.2) is 48.8 Å². The molecule has 0 saturated heterocycles. The van der Waals surface area contributed by atoms with Crippen LogP contribution in [-0.2, 0) is 17.8 Å². The van der Waals surface area contributed by atoms with Gasteiger partial charge in [-0.1, -0.05) is 18.2 Å². The largest absolute Gasteiger partial charge is 0.486 e. The lowest BCUT2D eigenvalue weighted by Crippen LogP contribution is -2.17. The Kier molecular flexibility index (Phi) is 4.74. The van der Waals surface area contributed by atoms with Crippen molar-refractivity contribution >= 4 is 11.6 Å². The highest BCUT2D eigenvalue weighted by atomic mass is 16.6.